The van der Waals surface area contributed by atoms with Crippen molar-refractivity contribution in [3.63, 3.8) is 0 Å². The molecule has 0 radical (unpaired) electrons. The van der Waals surface area contributed by atoms with Gasteiger partial charge in [0.15, 0.2) is 0 Å². The van der Waals surface area contributed by atoms with Gasteiger partial charge in [0.05, 0.1) is 6.54 Å². The van der Waals surface area contributed by atoms with Gasteiger partial charge in [0, 0.05) is 17.8 Å². The van der Waals surface area contributed by atoms with Crippen molar-refractivity contribution < 1.29 is 9.59 Å². The summed E-state index contributed by atoms with van der Waals surface area (Å²) in [5, 5.41) is 2.96. The molecule has 0 aliphatic heterocycles. The molecule has 0 spiro atoms. The van der Waals surface area contributed by atoms with E-state index in [9.17, 15) is 9.59 Å². The molecule has 0 heterocycles. The SMILES string of the molecule is NNC(=O)c1ccc(CN(C(=O)NCc2ccccc2)c2ccccc2)cc1. The number of carbonyl (C=O) groups excluding carboxylic acids is 2. The first-order valence-electron chi connectivity index (χ1n) is 8.91. The zero-order valence-corrected chi connectivity index (χ0v) is 15.3. The molecule has 4 N–H and O–H groups in total. The van der Waals surface area contributed by atoms with Gasteiger partial charge in [0.25, 0.3) is 5.91 Å². The number of hydrogen-bond donors (Lipinski definition) is 3. The minimum absolute atomic E-state index is 0.196. The standard InChI is InChI=1S/C22H22N4O2/c23-25-21(27)19-13-11-18(12-14-19)16-26(20-9-5-2-6-10-20)22(28)24-15-17-7-3-1-4-8-17/h1-14H,15-16,23H2,(H,24,28)(H,25,27). The van der Waals surface area contributed by atoms with Crippen LogP contribution in [0.15, 0.2) is 84.9 Å². The molecule has 3 aromatic carbocycles. The minimum atomic E-state index is -0.355. The molecule has 0 bridgehead atoms. The zero-order valence-electron chi connectivity index (χ0n) is 15.3. The monoisotopic (exact) mass is 374 g/mol. The highest BCUT2D eigenvalue weighted by Gasteiger charge is 2.16. The second-order valence-corrected chi connectivity index (χ2v) is 6.24. The number of hydrogen-bond acceptors (Lipinski definition) is 3. The molecule has 6 nitrogen and oxygen atoms in total. The Hall–Kier alpha value is -3.64. The fraction of sp³-hybridized carbons (Fsp3) is 0.0909. The second kappa shape index (κ2) is 9.34. The van der Waals surface area contributed by atoms with Crippen LogP contribution in [0.5, 0.6) is 0 Å². The van der Waals surface area contributed by atoms with Crippen molar-refractivity contribution in [1.82, 2.24) is 10.7 Å². The van der Waals surface area contributed by atoms with Crippen LogP contribution in [0.25, 0.3) is 0 Å². The Balaban J connectivity index is 1.75. The highest BCUT2D eigenvalue weighted by Crippen LogP contribution is 2.18. The van der Waals surface area contributed by atoms with Gasteiger partial charge in [-0.05, 0) is 35.4 Å². The van der Waals surface area contributed by atoms with E-state index in [2.05, 4.69) is 10.7 Å². The van der Waals surface area contributed by atoms with Crippen molar-refractivity contribution in [2.75, 3.05) is 4.90 Å². The van der Waals surface area contributed by atoms with Crippen LogP contribution in [-0.4, -0.2) is 11.9 Å². The van der Waals surface area contributed by atoms with Crippen LogP contribution in [0.3, 0.4) is 0 Å². The lowest BCUT2D eigenvalue weighted by atomic mass is 10.1. The quantitative estimate of drug-likeness (QED) is 0.352. The number of nitrogens with one attached hydrogen (secondary N) is 2. The maximum absolute atomic E-state index is 12.9. The van der Waals surface area contributed by atoms with Crippen molar-refractivity contribution in [2.45, 2.75) is 13.1 Å². The molecule has 0 fully saturated rings. The minimum Gasteiger partial charge on any atom is -0.334 e. The number of rotatable bonds is 6. The number of urea groups is 1. The number of para-hydroxylation sites is 1. The molecule has 6 heteroatoms. The van der Waals surface area contributed by atoms with Crippen LogP contribution in [-0.2, 0) is 13.1 Å². The predicted molar refractivity (Wildman–Crippen MR) is 109 cm³/mol. The van der Waals surface area contributed by atoms with Crippen LogP contribution >= 0.6 is 0 Å². The van der Waals surface area contributed by atoms with Gasteiger partial charge < -0.3 is 5.32 Å². The topological polar surface area (TPSA) is 87.5 Å². The molecule has 0 saturated carbocycles. The molecule has 28 heavy (non-hydrogen) atoms. The first kappa shape index (κ1) is 19.1. The summed E-state index contributed by atoms with van der Waals surface area (Å²) in [6, 6.07) is 26.0. The van der Waals surface area contributed by atoms with E-state index in [4.69, 9.17) is 5.84 Å². The third-order valence-electron chi connectivity index (χ3n) is 4.29. The van der Waals surface area contributed by atoms with Crippen molar-refractivity contribution >= 4 is 17.6 Å². The maximum Gasteiger partial charge on any atom is 0.322 e. The van der Waals surface area contributed by atoms with Crippen LogP contribution < -0.4 is 21.5 Å². The molecule has 0 saturated heterocycles. The molecule has 0 aliphatic carbocycles. The van der Waals surface area contributed by atoms with Crippen LogP contribution in [0.1, 0.15) is 21.5 Å². The van der Waals surface area contributed by atoms with E-state index < -0.39 is 0 Å². The lowest BCUT2D eigenvalue weighted by Gasteiger charge is -2.23. The number of nitrogens with two attached hydrogens (primary N) is 1. The molecule has 0 unspecified atom stereocenters. The zero-order chi connectivity index (χ0) is 19.8. The normalized spacial score (nSPS) is 10.2. The predicted octanol–water partition coefficient (Wildman–Crippen LogP) is 3.21. The fourth-order valence-electron chi connectivity index (χ4n) is 2.78. The summed E-state index contributed by atoms with van der Waals surface area (Å²) in [7, 11) is 0. The van der Waals surface area contributed by atoms with E-state index in [0.29, 0.717) is 18.7 Å². The number of amides is 3. The number of nitrogens with zero attached hydrogens (tertiary/aromatic N) is 1. The highest BCUT2D eigenvalue weighted by atomic mass is 16.2. The van der Waals surface area contributed by atoms with Gasteiger partial charge >= 0.3 is 6.03 Å². The van der Waals surface area contributed by atoms with Crippen molar-refractivity contribution in [1.29, 1.82) is 0 Å². The Morgan fingerprint density at radius 2 is 1.39 bits per heavy atom. The molecular formula is C22H22N4O2. The summed E-state index contributed by atoms with van der Waals surface area (Å²) in [6.07, 6.45) is 0. The summed E-state index contributed by atoms with van der Waals surface area (Å²) >= 11 is 0. The summed E-state index contributed by atoms with van der Waals surface area (Å²) in [4.78, 5) is 26.1. The summed E-state index contributed by atoms with van der Waals surface area (Å²) < 4.78 is 0. The van der Waals surface area contributed by atoms with E-state index in [0.717, 1.165) is 16.8 Å². The molecule has 0 aromatic heterocycles. The number of hydrazine groups is 1. The van der Waals surface area contributed by atoms with Crippen molar-refractivity contribution in [3.8, 4) is 0 Å². The summed E-state index contributed by atoms with van der Waals surface area (Å²) in [5.74, 6) is 4.80. The number of benzene rings is 3. The summed E-state index contributed by atoms with van der Waals surface area (Å²) in [5.41, 5.74) is 5.28. The average molecular weight is 374 g/mol. The van der Waals surface area contributed by atoms with Gasteiger partial charge in [-0.25, -0.2) is 10.6 Å². The smallest absolute Gasteiger partial charge is 0.322 e. The van der Waals surface area contributed by atoms with Gasteiger partial charge in [-0.2, -0.15) is 0 Å². The number of carbonyl (C=O) groups is 2. The Morgan fingerprint density at radius 3 is 2.00 bits per heavy atom. The number of anilines is 1. The second-order valence-electron chi connectivity index (χ2n) is 6.24. The molecule has 142 valence electrons. The lowest BCUT2D eigenvalue weighted by Crippen LogP contribution is -2.39. The van der Waals surface area contributed by atoms with Crippen LogP contribution in [0.4, 0.5) is 10.5 Å². The highest BCUT2D eigenvalue weighted by molar-refractivity contribution is 5.94. The Kier molecular flexibility index (Phi) is 6.38. The lowest BCUT2D eigenvalue weighted by molar-refractivity contribution is 0.0953. The average Bonchev–Trinajstić information content (AvgIpc) is 2.77. The van der Waals surface area contributed by atoms with Gasteiger partial charge in [0.1, 0.15) is 0 Å². The van der Waals surface area contributed by atoms with Crippen LogP contribution in [0, 0.1) is 0 Å². The molecule has 3 aromatic rings. The third-order valence-corrected chi connectivity index (χ3v) is 4.29. The Bertz CT molecular complexity index is 912. The molecule has 3 amide bonds. The van der Waals surface area contributed by atoms with E-state index in [1.165, 1.54) is 0 Å². The Morgan fingerprint density at radius 1 is 0.786 bits per heavy atom. The van der Waals surface area contributed by atoms with Gasteiger partial charge in [0.2, 0.25) is 0 Å². The van der Waals surface area contributed by atoms with E-state index in [1.54, 1.807) is 17.0 Å². The van der Waals surface area contributed by atoms with Gasteiger partial charge in [-0.15, -0.1) is 0 Å². The van der Waals surface area contributed by atoms with E-state index in [-0.39, 0.29) is 11.9 Å². The fourth-order valence-corrected chi connectivity index (χ4v) is 2.78. The van der Waals surface area contributed by atoms with E-state index in [1.807, 2.05) is 72.8 Å². The molecule has 3 rings (SSSR count). The van der Waals surface area contributed by atoms with Crippen molar-refractivity contribution in [3.05, 3.63) is 102 Å². The largest absolute Gasteiger partial charge is 0.334 e. The molecular weight excluding hydrogens is 352 g/mol. The third kappa shape index (κ3) is 4.96. The maximum atomic E-state index is 12.9. The van der Waals surface area contributed by atoms with Gasteiger partial charge in [-0.1, -0.05) is 60.7 Å². The summed E-state index contributed by atoms with van der Waals surface area (Å²) in [6.45, 7) is 0.813. The Labute approximate surface area is 163 Å². The number of nitrogen functional groups attached to an aromatic ring is 1. The van der Waals surface area contributed by atoms with Gasteiger partial charge in [-0.3, -0.25) is 15.1 Å². The molecule has 0 aliphatic rings. The van der Waals surface area contributed by atoms with Crippen LogP contribution in [0.2, 0.25) is 0 Å². The molecule has 0 atom stereocenters. The first-order valence-corrected chi connectivity index (χ1v) is 8.91. The van der Waals surface area contributed by atoms with E-state index >= 15 is 0 Å². The van der Waals surface area contributed by atoms with Crippen molar-refractivity contribution in [2.24, 2.45) is 5.84 Å². The first-order chi connectivity index (χ1) is 13.7.